The molecule has 0 saturated carbocycles. The van der Waals surface area contributed by atoms with Crippen molar-refractivity contribution in [2.24, 2.45) is 0 Å². The average molecular weight is 292 g/mol. The zero-order chi connectivity index (χ0) is 14.2. The van der Waals surface area contributed by atoms with Gasteiger partial charge < -0.3 is 15.2 Å². The first-order chi connectivity index (χ1) is 9.81. The Balaban J connectivity index is 1.87. The van der Waals surface area contributed by atoms with Gasteiger partial charge >= 0.3 is 0 Å². The van der Waals surface area contributed by atoms with Crippen molar-refractivity contribution < 1.29 is 14.6 Å². The summed E-state index contributed by atoms with van der Waals surface area (Å²) < 4.78 is 5.07. The Labute approximate surface area is 121 Å². The predicted molar refractivity (Wildman–Crippen MR) is 77.8 cm³/mol. The van der Waals surface area contributed by atoms with E-state index in [1.54, 1.807) is 12.3 Å². The van der Waals surface area contributed by atoms with Gasteiger partial charge in [0.05, 0.1) is 35.3 Å². The van der Waals surface area contributed by atoms with Gasteiger partial charge in [-0.15, -0.1) is 11.3 Å². The van der Waals surface area contributed by atoms with Crippen LogP contribution >= 0.6 is 11.3 Å². The molecule has 6 heteroatoms. The maximum absolute atomic E-state index is 11.9. The number of rotatable bonds is 7. The molecule has 2 heterocycles. The molecule has 0 aliphatic rings. The second-order valence-electron chi connectivity index (χ2n) is 3.97. The van der Waals surface area contributed by atoms with E-state index >= 15 is 0 Å². The van der Waals surface area contributed by atoms with E-state index in [2.05, 4.69) is 10.3 Å². The molecule has 0 aliphatic carbocycles. The number of carbonyl (C=O) groups is 1. The van der Waals surface area contributed by atoms with E-state index in [-0.39, 0.29) is 12.5 Å². The van der Waals surface area contributed by atoms with Crippen molar-refractivity contribution in [1.29, 1.82) is 0 Å². The minimum absolute atomic E-state index is 0.00763. The third kappa shape index (κ3) is 4.12. The molecule has 0 saturated heterocycles. The molecule has 0 unspecified atom stereocenters. The topological polar surface area (TPSA) is 71.5 Å². The molecular formula is C14H16N2O3S. The van der Waals surface area contributed by atoms with Gasteiger partial charge in [-0.1, -0.05) is 6.07 Å². The Hall–Kier alpha value is -1.76. The summed E-state index contributed by atoms with van der Waals surface area (Å²) in [4.78, 5) is 17.8. The number of nitrogens with one attached hydrogen (secondary N) is 1. The van der Waals surface area contributed by atoms with Crippen LogP contribution in [0.25, 0.3) is 10.6 Å². The summed E-state index contributed by atoms with van der Waals surface area (Å²) in [5.41, 5.74) is 0.864. The molecule has 2 aromatic heterocycles. The minimum atomic E-state index is -0.121. The lowest BCUT2D eigenvalue weighted by Crippen LogP contribution is -2.26. The highest BCUT2D eigenvalue weighted by Crippen LogP contribution is 2.26. The lowest BCUT2D eigenvalue weighted by atomic mass is 10.3. The first-order valence-corrected chi connectivity index (χ1v) is 7.11. The van der Waals surface area contributed by atoms with Crippen LogP contribution in [-0.2, 0) is 4.74 Å². The predicted octanol–water partition coefficient (Wildman–Crippen LogP) is 1.55. The Morgan fingerprint density at radius 1 is 1.30 bits per heavy atom. The monoisotopic (exact) mass is 292 g/mol. The number of aliphatic hydroxyl groups is 1. The molecule has 2 N–H and O–H groups in total. The van der Waals surface area contributed by atoms with Crippen molar-refractivity contribution in [3.63, 3.8) is 0 Å². The lowest BCUT2D eigenvalue weighted by Gasteiger charge is -2.03. The third-order valence-electron chi connectivity index (χ3n) is 2.51. The first-order valence-electron chi connectivity index (χ1n) is 6.29. The van der Waals surface area contributed by atoms with Gasteiger partial charge in [0.2, 0.25) is 0 Å². The molecule has 0 bridgehead atoms. The summed E-state index contributed by atoms with van der Waals surface area (Å²) in [5, 5.41) is 11.3. The summed E-state index contributed by atoms with van der Waals surface area (Å²) >= 11 is 1.41. The number of aromatic nitrogens is 1. The molecule has 0 fully saturated rings. The van der Waals surface area contributed by atoms with Gasteiger partial charge in [-0.3, -0.25) is 9.78 Å². The number of aliphatic hydroxyl groups excluding tert-OH is 1. The Morgan fingerprint density at radius 2 is 2.20 bits per heavy atom. The van der Waals surface area contributed by atoms with Crippen molar-refractivity contribution in [3.8, 4) is 10.6 Å². The van der Waals surface area contributed by atoms with Gasteiger partial charge in [0.1, 0.15) is 0 Å². The van der Waals surface area contributed by atoms with Crippen LogP contribution in [0.2, 0.25) is 0 Å². The Morgan fingerprint density at radius 3 is 2.95 bits per heavy atom. The molecule has 106 valence electrons. The van der Waals surface area contributed by atoms with Crippen LogP contribution in [0.4, 0.5) is 0 Å². The normalized spacial score (nSPS) is 10.4. The van der Waals surface area contributed by atoms with E-state index in [0.29, 0.717) is 24.6 Å². The van der Waals surface area contributed by atoms with Crippen molar-refractivity contribution in [2.45, 2.75) is 0 Å². The van der Waals surface area contributed by atoms with E-state index in [0.717, 1.165) is 10.6 Å². The standard InChI is InChI=1S/C14H16N2O3S/c17-8-10-19-9-7-16-14(18)13-5-4-12(20-13)11-3-1-2-6-15-11/h1-6,17H,7-10H2,(H,16,18). The number of hydrogen-bond acceptors (Lipinski definition) is 5. The molecule has 0 spiro atoms. The minimum Gasteiger partial charge on any atom is -0.394 e. The van der Waals surface area contributed by atoms with Crippen LogP contribution in [-0.4, -0.2) is 42.4 Å². The molecule has 2 aromatic rings. The van der Waals surface area contributed by atoms with Gasteiger partial charge in [-0.25, -0.2) is 0 Å². The number of thiophene rings is 1. The highest BCUT2D eigenvalue weighted by molar-refractivity contribution is 7.17. The van der Waals surface area contributed by atoms with Crippen LogP contribution in [0.15, 0.2) is 36.5 Å². The van der Waals surface area contributed by atoms with E-state index in [4.69, 9.17) is 9.84 Å². The van der Waals surface area contributed by atoms with E-state index in [1.165, 1.54) is 11.3 Å². The fourth-order valence-corrected chi connectivity index (χ4v) is 2.50. The van der Waals surface area contributed by atoms with E-state index in [9.17, 15) is 4.79 Å². The molecule has 0 aromatic carbocycles. The summed E-state index contributed by atoms with van der Waals surface area (Å²) in [6.45, 7) is 1.10. The number of carbonyl (C=O) groups excluding carboxylic acids is 1. The number of pyridine rings is 1. The van der Waals surface area contributed by atoms with E-state index < -0.39 is 0 Å². The zero-order valence-electron chi connectivity index (χ0n) is 10.9. The van der Waals surface area contributed by atoms with Gasteiger partial charge in [0.25, 0.3) is 5.91 Å². The maximum atomic E-state index is 11.9. The van der Waals surface area contributed by atoms with Crippen LogP contribution in [0, 0.1) is 0 Å². The first kappa shape index (κ1) is 14.6. The van der Waals surface area contributed by atoms with Gasteiger partial charge in [0, 0.05) is 12.7 Å². The van der Waals surface area contributed by atoms with Crippen LogP contribution in [0.1, 0.15) is 9.67 Å². The second kappa shape index (κ2) is 7.74. The molecule has 20 heavy (non-hydrogen) atoms. The van der Waals surface area contributed by atoms with Crippen LogP contribution in [0.5, 0.6) is 0 Å². The summed E-state index contributed by atoms with van der Waals surface area (Å²) in [6.07, 6.45) is 1.73. The van der Waals surface area contributed by atoms with E-state index in [1.807, 2.05) is 24.3 Å². The SMILES string of the molecule is O=C(NCCOCCO)c1ccc(-c2ccccn2)s1. The number of nitrogens with zero attached hydrogens (tertiary/aromatic N) is 1. The van der Waals surface area contributed by atoms with Crippen LogP contribution < -0.4 is 5.32 Å². The summed E-state index contributed by atoms with van der Waals surface area (Å²) in [5.74, 6) is -0.121. The highest BCUT2D eigenvalue weighted by Gasteiger charge is 2.10. The van der Waals surface area contributed by atoms with Crippen molar-refractivity contribution in [1.82, 2.24) is 10.3 Å². The summed E-state index contributed by atoms with van der Waals surface area (Å²) in [7, 11) is 0. The number of hydrogen-bond donors (Lipinski definition) is 2. The molecule has 5 nitrogen and oxygen atoms in total. The molecule has 0 aliphatic heterocycles. The number of amides is 1. The fraction of sp³-hybridized carbons (Fsp3) is 0.286. The van der Waals surface area contributed by atoms with Crippen molar-refractivity contribution in [3.05, 3.63) is 41.4 Å². The van der Waals surface area contributed by atoms with Crippen LogP contribution in [0.3, 0.4) is 0 Å². The van der Waals surface area contributed by atoms with Gasteiger partial charge in [-0.2, -0.15) is 0 Å². The smallest absolute Gasteiger partial charge is 0.261 e. The Bertz CT molecular complexity index is 542. The Kier molecular flexibility index (Phi) is 5.67. The fourth-order valence-electron chi connectivity index (χ4n) is 1.60. The lowest BCUT2D eigenvalue weighted by molar-refractivity contribution is 0.0840. The highest BCUT2D eigenvalue weighted by atomic mass is 32.1. The summed E-state index contributed by atoms with van der Waals surface area (Å²) in [6, 6.07) is 9.37. The molecular weight excluding hydrogens is 276 g/mol. The molecule has 0 atom stereocenters. The quantitative estimate of drug-likeness (QED) is 0.760. The number of ether oxygens (including phenoxy) is 1. The third-order valence-corrected chi connectivity index (χ3v) is 3.62. The molecule has 2 rings (SSSR count). The van der Waals surface area contributed by atoms with Crippen molar-refractivity contribution >= 4 is 17.2 Å². The molecule has 0 radical (unpaired) electrons. The second-order valence-corrected chi connectivity index (χ2v) is 5.05. The molecule has 1 amide bonds. The van der Waals surface area contributed by atoms with Crippen molar-refractivity contribution in [2.75, 3.05) is 26.4 Å². The average Bonchev–Trinajstić information content (AvgIpc) is 2.98. The van der Waals surface area contributed by atoms with Gasteiger partial charge in [-0.05, 0) is 24.3 Å². The zero-order valence-corrected chi connectivity index (χ0v) is 11.7. The largest absolute Gasteiger partial charge is 0.394 e. The van der Waals surface area contributed by atoms with Gasteiger partial charge in [0.15, 0.2) is 0 Å². The maximum Gasteiger partial charge on any atom is 0.261 e.